The number of anilines is 2. The Balaban J connectivity index is 2.21. The molecule has 1 saturated heterocycles. The fourth-order valence-corrected chi connectivity index (χ4v) is 3.23. The average Bonchev–Trinajstić information content (AvgIpc) is 2.59. The maximum absolute atomic E-state index is 6.38. The van der Waals surface area contributed by atoms with Gasteiger partial charge in [-0.2, -0.15) is 0 Å². The summed E-state index contributed by atoms with van der Waals surface area (Å²) in [6, 6.07) is 1.81. The highest BCUT2D eigenvalue weighted by Gasteiger charge is 2.25. The van der Waals surface area contributed by atoms with Crippen LogP contribution in [0.1, 0.15) is 46.5 Å². The number of hydrogen-bond acceptors (Lipinski definition) is 3. The second-order valence-corrected chi connectivity index (χ2v) is 7.37. The molecule has 21 heavy (non-hydrogen) atoms. The van der Waals surface area contributed by atoms with Gasteiger partial charge in [0.15, 0.2) is 0 Å². The van der Waals surface area contributed by atoms with Gasteiger partial charge < -0.3 is 10.2 Å². The molecule has 2 heterocycles. The molecule has 0 atom stereocenters. The van der Waals surface area contributed by atoms with Crippen LogP contribution in [0.5, 0.6) is 0 Å². The normalized spacial score (nSPS) is 18.4. The van der Waals surface area contributed by atoms with Gasteiger partial charge in [-0.3, -0.25) is 0 Å². The molecule has 0 bridgehead atoms. The van der Waals surface area contributed by atoms with E-state index in [-0.39, 0.29) is 0 Å². The van der Waals surface area contributed by atoms with Crippen LogP contribution in [0.4, 0.5) is 11.6 Å². The zero-order valence-corrected chi connectivity index (χ0v) is 14.7. The molecule has 0 radical (unpaired) electrons. The number of aromatic nitrogens is 1. The Kier molecular flexibility index (Phi) is 5.61. The second-order valence-electron chi connectivity index (χ2n) is 6.56. The molecule has 1 aliphatic rings. The lowest BCUT2D eigenvalue weighted by Crippen LogP contribution is -2.26. The van der Waals surface area contributed by atoms with E-state index >= 15 is 0 Å². The van der Waals surface area contributed by atoms with Crippen molar-refractivity contribution in [3.8, 4) is 0 Å². The van der Waals surface area contributed by atoms with E-state index in [0.717, 1.165) is 44.1 Å². The molecule has 1 aromatic heterocycles. The van der Waals surface area contributed by atoms with Crippen LogP contribution in [-0.2, 0) is 0 Å². The predicted molar refractivity (Wildman–Crippen MR) is 92.9 cm³/mol. The first kappa shape index (κ1) is 16.7. The zero-order chi connectivity index (χ0) is 15.5. The van der Waals surface area contributed by atoms with Gasteiger partial charge in [0.05, 0.1) is 10.0 Å². The topological polar surface area (TPSA) is 28.2 Å². The van der Waals surface area contributed by atoms with E-state index in [9.17, 15) is 0 Å². The molecule has 0 saturated carbocycles. The number of pyridine rings is 1. The molecule has 0 aliphatic carbocycles. The Bertz CT molecular complexity index is 489. The minimum Gasteiger partial charge on any atom is -0.369 e. The van der Waals surface area contributed by atoms with Crippen molar-refractivity contribution in [3.63, 3.8) is 0 Å². The van der Waals surface area contributed by atoms with Crippen molar-refractivity contribution in [1.29, 1.82) is 0 Å². The molecular formula is C16H25Cl2N3. The van der Waals surface area contributed by atoms with Gasteiger partial charge in [-0.1, -0.05) is 44.0 Å². The van der Waals surface area contributed by atoms with Crippen LogP contribution in [0.15, 0.2) is 6.07 Å². The number of nitrogens with one attached hydrogen (secondary N) is 1. The average molecular weight is 330 g/mol. The molecular weight excluding hydrogens is 305 g/mol. The van der Waals surface area contributed by atoms with Crippen LogP contribution in [0.3, 0.4) is 0 Å². The lowest BCUT2D eigenvalue weighted by molar-refractivity contribution is 0.325. The molecule has 118 valence electrons. The fraction of sp³-hybridized carbons (Fsp3) is 0.688. The van der Waals surface area contributed by atoms with Crippen LogP contribution in [-0.4, -0.2) is 24.6 Å². The summed E-state index contributed by atoms with van der Waals surface area (Å²) < 4.78 is 0. The molecule has 3 nitrogen and oxygen atoms in total. The van der Waals surface area contributed by atoms with E-state index in [4.69, 9.17) is 23.2 Å². The van der Waals surface area contributed by atoms with E-state index in [2.05, 4.69) is 36.0 Å². The van der Waals surface area contributed by atoms with Crippen LogP contribution < -0.4 is 10.2 Å². The van der Waals surface area contributed by atoms with Gasteiger partial charge in [0.25, 0.3) is 0 Å². The van der Waals surface area contributed by atoms with Gasteiger partial charge in [-0.25, -0.2) is 4.98 Å². The highest BCUT2D eigenvalue weighted by molar-refractivity contribution is 6.37. The molecule has 1 fully saturated rings. The third-order valence-electron chi connectivity index (χ3n) is 4.09. The summed E-state index contributed by atoms with van der Waals surface area (Å²) in [6.45, 7) is 9.65. The summed E-state index contributed by atoms with van der Waals surface area (Å²) in [5.41, 5.74) is 0.400. The first-order valence-corrected chi connectivity index (χ1v) is 8.53. The number of nitrogens with zero attached hydrogens (tertiary/aromatic N) is 2. The molecule has 0 amide bonds. The minimum atomic E-state index is 0.400. The quantitative estimate of drug-likeness (QED) is 0.819. The Labute approximate surface area is 138 Å². The summed E-state index contributed by atoms with van der Waals surface area (Å²) in [7, 11) is 0. The molecule has 0 unspecified atom stereocenters. The highest BCUT2D eigenvalue weighted by Crippen LogP contribution is 2.35. The molecule has 5 heteroatoms. The molecule has 1 aliphatic heterocycles. The van der Waals surface area contributed by atoms with Crippen LogP contribution >= 0.6 is 23.2 Å². The Morgan fingerprint density at radius 1 is 1.24 bits per heavy atom. The third kappa shape index (κ3) is 4.40. The van der Waals surface area contributed by atoms with Crippen molar-refractivity contribution in [1.82, 2.24) is 4.98 Å². The van der Waals surface area contributed by atoms with E-state index in [1.807, 2.05) is 0 Å². The van der Waals surface area contributed by atoms with Crippen molar-refractivity contribution in [2.45, 2.75) is 46.5 Å². The Morgan fingerprint density at radius 2 is 2.00 bits per heavy atom. The second kappa shape index (κ2) is 7.06. The maximum atomic E-state index is 6.38. The van der Waals surface area contributed by atoms with Crippen molar-refractivity contribution < 1.29 is 0 Å². The van der Waals surface area contributed by atoms with Gasteiger partial charge >= 0.3 is 0 Å². The highest BCUT2D eigenvalue weighted by atomic mass is 35.5. The van der Waals surface area contributed by atoms with Crippen molar-refractivity contribution in [3.05, 3.63) is 16.1 Å². The van der Waals surface area contributed by atoms with Crippen molar-refractivity contribution >= 4 is 34.8 Å². The summed E-state index contributed by atoms with van der Waals surface area (Å²) in [4.78, 5) is 6.97. The standard InChI is InChI=1S/C16H25Cl2N3/c1-4-8-19-14-12(17)11-13(18)15(20-14)21-9-5-6-16(2,3)7-10-21/h11H,4-10H2,1-3H3,(H,19,20). The monoisotopic (exact) mass is 329 g/mol. The zero-order valence-electron chi connectivity index (χ0n) is 13.2. The van der Waals surface area contributed by atoms with Gasteiger partial charge in [0.1, 0.15) is 11.6 Å². The first-order valence-electron chi connectivity index (χ1n) is 7.78. The smallest absolute Gasteiger partial charge is 0.149 e. The van der Waals surface area contributed by atoms with Gasteiger partial charge in [-0.05, 0) is 37.2 Å². The van der Waals surface area contributed by atoms with E-state index in [1.54, 1.807) is 6.07 Å². The van der Waals surface area contributed by atoms with Crippen molar-refractivity contribution in [2.75, 3.05) is 29.9 Å². The van der Waals surface area contributed by atoms with E-state index in [1.165, 1.54) is 12.8 Å². The van der Waals surface area contributed by atoms with E-state index in [0.29, 0.717) is 15.5 Å². The molecule has 1 aromatic rings. The lowest BCUT2D eigenvalue weighted by Gasteiger charge is -2.25. The summed E-state index contributed by atoms with van der Waals surface area (Å²) in [5, 5.41) is 4.50. The summed E-state index contributed by atoms with van der Waals surface area (Å²) in [6.07, 6.45) is 4.61. The van der Waals surface area contributed by atoms with Crippen LogP contribution in [0.25, 0.3) is 0 Å². The number of hydrogen-bond donors (Lipinski definition) is 1. The van der Waals surface area contributed by atoms with E-state index < -0.39 is 0 Å². The molecule has 1 N–H and O–H groups in total. The van der Waals surface area contributed by atoms with Gasteiger partial charge in [-0.15, -0.1) is 0 Å². The Hall–Kier alpha value is -0.670. The SMILES string of the molecule is CCCNc1nc(N2CCCC(C)(C)CC2)c(Cl)cc1Cl. The first-order chi connectivity index (χ1) is 9.93. The molecule has 2 rings (SSSR count). The predicted octanol–water partition coefficient (Wildman–Crippen LogP) is 5.23. The summed E-state index contributed by atoms with van der Waals surface area (Å²) in [5.74, 6) is 1.60. The maximum Gasteiger partial charge on any atom is 0.149 e. The lowest BCUT2D eigenvalue weighted by atomic mass is 9.85. The fourth-order valence-electron chi connectivity index (χ4n) is 2.68. The molecule has 0 spiro atoms. The number of halogens is 2. The van der Waals surface area contributed by atoms with Crippen LogP contribution in [0, 0.1) is 5.41 Å². The third-order valence-corrected chi connectivity index (χ3v) is 4.66. The molecule has 0 aromatic carbocycles. The van der Waals surface area contributed by atoms with Crippen LogP contribution in [0.2, 0.25) is 10.0 Å². The largest absolute Gasteiger partial charge is 0.369 e. The van der Waals surface area contributed by atoms with Gasteiger partial charge in [0.2, 0.25) is 0 Å². The van der Waals surface area contributed by atoms with Crippen molar-refractivity contribution in [2.24, 2.45) is 5.41 Å². The van der Waals surface area contributed by atoms with Gasteiger partial charge in [0, 0.05) is 19.6 Å². The summed E-state index contributed by atoms with van der Waals surface area (Å²) >= 11 is 12.6. The number of rotatable bonds is 4. The Morgan fingerprint density at radius 3 is 2.71 bits per heavy atom. The minimum absolute atomic E-state index is 0.400.